The van der Waals surface area contributed by atoms with E-state index in [4.69, 9.17) is 0 Å². The van der Waals surface area contributed by atoms with Gasteiger partial charge in [-0.25, -0.2) is 0 Å². The second-order valence-electron chi connectivity index (χ2n) is 7.87. The van der Waals surface area contributed by atoms with E-state index >= 15 is 0 Å². The lowest BCUT2D eigenvalue weighted by Gasteiger charge is -2.45. The van der Waals surface area contributed by atoms with E-state index in [0.29, 0.717) is 5.91 Å². The Morgan fingerprint density at radius 2 is 1.77 bits per heavy atom. The molecule has 1 aromatic carbocycles. The second kappa shape index (κ2) is 7.26. The first-order valence-electron chi connectivity index (χ1n) is 9.91. The summed E-state index contributed by atoms with van der Waals surface area (Å²) in [4.78, 5) is 30.0. The zero-order valence-corrected chi connectivity index (χ0v) is 16.4. The van der Waals surface area contributed by atoms with Crippen molar-refractivity contribution in [1.29, 1.82) is 0 Å². The van der Waals surface area contributed by atoms with E-state index in [1.165, 1.54) is 12.8 Å². The summed E-state index contributed by atoms with van der Waals surface area (Å²) in [5, 5.41) is 0. The molecular weight excluding hydrogens is 344 g/mol. The Labute approximate surface area is 160 Å². The van der Waals surface area contributed by atoms with Crippen molar-refractivity contribution < 1.29 is 9.59 Å². The van der Waals surface area contributed by atoms with Crippen molar-refractivity contribution in [2.45, 2.75) is 50.3 Å². The van der Waals surface area contributed by atoms with E-state index in [-0.39, 0.29) is 16.7 Å². The average Bonchev–Trinajstić information content (AvgIpc) is 3.32. The van der Waals surface area contributed by atoms with E-state index in [1.807, 2.05) is 47.9 Å². The molecule has 1 aromatic rings. The maximum absolute atomic E-state index is 13.0. The van der Waals surface area contributed by atoms with Crippen LogP contribution in [0, 0.1) is 12.8 Å². The van der Waals surface area contributed by atoms with E-state index < -0.39 is 0 Å². The maximum Gasteiger partial charge on any atom is 0.254 e. The molecule has 140 valence electrons. The predicted molar refractivity (Wildman–Crippen MR) is 105 cm³/mol. The number of thioether (sulfide) groups is 1. The second-order valence-corrected chi connectivity index (χ2v) is 9.33. The number of nitrogens with zero attached hydrogens (tertiary/aromatic N) is 2. The molecule has 3 aliphatic rings. The highest BCUT2D eigenvalue weighted by Crippen LogP contribution is 2.45. The van der Waals surface area contributed by atoms with Gasteiger partial charge in [-0.1, -0.05) is 31.0 Å². The van der Waals surface area contributed by atoms with Crippen molar-refractivity contribution in [3.05, 3.63) is 35.4 Å². The monoisotopic (exact) mass is 372 g/mol. The minimum Gasteiger partial charge on any atom is -0.338 e. The molecule has 0 atom stereocenters. The molecule has 3 fully saturated rings. The molecule has 0 unspecified atom stereocenters. The minimum absolute atomic E-state index is 0.0673. The largest absolute Gasteiger partial charge is 0.338 e. The molecule has 5 heteroatoms. The lowest BCUT2D eigenvalue weighted by atomic mass is 9.98. The van der Waals surface area contributed by atoms with Crippen LogP contribution in [0.15, 0.2) is 24.3 Å². The quantitative estimate of drug-likeness (QED) is 0.795. The molecule has 2 saturated heterocycles. The molecule has 2 aliphatic heterocycles. The van der Waals surface area contributed by atoms with E-state index in [1.54, 1.807) is 0 Å². The van der Waals surface area contributed by atoms with Crippen LogP contribution >= 0.6 is 11.8 Å². The highest BCUT2D eigenvalue weighted by molar-refractivity contribution is 8.00. The first-order chi connectivity index (χ1) is 12.6. The molecule has 2 amide bonds. The lowest BCUT2D eigenvalue weighted by molar-refractivity contribution is -0.138. The van der Waals surface area contributed by atoms with Crippen molar-refractivity contribution in [3.63, 3.8) is 0 Å². The molecule has 0 radical (unpaired) electrons. The van der Waals surface area contributed by atoms with Gasteiger partial charge in [0, 0.05) is 36.9 Å². The Morgan fingerprint density at radius 3 is 2.46 bits per heavy atom. The predicted octanol–water partition coefficient (Wildman–Crippen LogP) is 3.69. The molecule has 26 heavy (non-hydrogen) atoms. The number of carbonyl (C=O) groups excluding carboxylic acids is 2. The van der Waals surface area contributed by atoms with Gasteiger partial charge in [-0.15, -0.1) is 11.8 Å². The minimum atomic E-state index is -0.0673. The van der Waals surface area contributed by atoms with Crippen LogP contribution in [-0.2, 0) is 4.79 Å². The Bertz CT molecular complexity index is 691. The highest BCUT2D eigenvalue weighted by atomic mass is 32.2. The van der Waals surface area contributed by atoms with Crippen molar-refractivity contribution in [2.24, 2.45) is 5.92 Å². The molecule has 2 heterocycles. The van der Waals surface area contributed by atoms with Crippen LogP contribution in [0.5, 0.6) is 0 Å². The number of likely N-dealkylation sites (tertiary alicyclic amines) is 1. The third-order valence-corrected chi connectivity index (χ3v) is 7.91. The Balaban J connectivity index is 1.44. The van der Waals surface area contributed by atoms with Gasteiger partial charge in [-0.05, 0) is 44.2 Å². The number of benzene rings is 1. The molecule has 1 spiro atoms. The number of amides is 2. The van der Waals surface area contributed by atoms with Crippen molar-refractivity contribution in [3.8, 4) is 0 Å². The van der Waals surface area contributed by atoms with E-state index in [2.05, 4.69) is 4.90 Å². The van der Waals surface area contributed by atoms with Gasteiger partial charge < -0.3 is 9.80 Å². The molecule has 1 saturated carbocycles. The Morgan fingerprint density at radius 1 is 1.08 bits per heavy atom. The molecule has 1 aliphatic carbocycles. The Kier molecular flexibility index (Phi) is 5.00. The standard InChI is InChI=1S/C21H28N2O2S/c1-16-6-2-5-9-18(16)20(25)22-12-10-21(11-13-22)23(14-15-26-21)19(24)17-7-3-4-8-17/h2,5-6,9,17H,3-4,7-8,10-15H2,1H3. The normalized spacial score (nSPS) is 23.0. The first-order valence-corrected chi connectivity index (χ1v) is 10.9. The average molecular weight is 373 g/mol. The summed E-state index contributed by atoms with van der Waals surface area (Å²) in [6.45, 7) is 4.36. The van der Waals surface area contributed by atoms with Crippen LogP contribution in [0.3, 0.4) is 0 Å². The summed E-state index contributed by atoms with van der Waals surface area (Å²) < 4.78 is 0. The number of rotatable bonds is 2. The number of aryl methyl sites for hydroxylation is 1. The molecule has 0 N–H and O–H groups in total. The number of hydrogen-bond acceptors (Lipinski definition) is 3. The van der Waals surface area contributed by atoms with Gasteiger partial charge in [0.05, 0.1) is 4.87 Å². The maximum atomic E-state index is 13.0. The smallest absolute Gasteiger partial charge is 0.254 e. The Hall–Kier alpha value is -1.49. The van der Waals surface area contributed by atoms with Gasteiger partial charge in [-0.2, -0.15) is 0 Å². The van der Waals surface area contributed by atoms with Crippen LogP contribution in [0.25, 0.3) is 0 Å². The number of carbonyl (C=O) groups is 2. The van der Waals surface area contributed by atoms with Crippen LogP contribution < -0.4 is 0 Å². The zero-order valence-electron chi connectivity index (χ0n) is 15.6. The molecule has 0 bridgehead atoms. The fraction of sp³-hybridized carbons (Fsp3) is 0.619. The zero-order chi connectivity index (χ0) is 18.1. The van der Waals surface area contributed by atoms with Gasteiger partial charge in [0.2, 0.25) is 5.91 Å². The van der Waals surface area contributed by atoms with Gasteiger partial charge in [0.1, 0.15) is 0 Å². The van der Waals surface area contributed by atoms with Gasteiger partial charge in [0.25, 0.3) is 5.91 Å². The van der Waals surface area contributed by atoms with Gasteiger partial charge in [0.15, 0.2) is 0 Å². The van der Waals surface area contributed by atoms with Crippen LogP contribution in [0.1, 0.15) is 54.4 Å². The summed E-state index contributed by atoms with van der Waals surface area (Å²) in [7, 11) is 0. The van der Waals surface area contributed by atoms with Crippen molar-refractivity contribution in [2.75, 3.05) is 25.4 Å². The summed E-state index contributed by atoms with van der Waals surface area (Å²) in [5.74, 6) is 1.79. The number of hydrogen-bond donors (Lipinski definition) is 0. The summed E-state index contributed by atoms with van der Waals surface area (Å²) in [5.41, 5.74) is 1.84. The third kappa shape index (κ3) is 3.15. The van der Waals surface area contributed by atoms with E-state index in [0.717, 1.165) is 62.2 Å². The van der Waals surface area contributed by atoms with Crippen LogP contribution in [-0.4, -0.2) is 51.9 Å². The van der Waals surface area contributed by atoms with Crippen LogP contribution in [0.4, 0.5) is 0 Å². The SMILES string of the molecule is Cc1ccccc1C(=O)N1CCC2(CC1)SCCN2C(=O)C1CCCC1. The molecule has 0 aromatic heterocycles. The lowest BCUT2D eigenvalue weighted by Crippen LogP contribution is -2.54. The van der Waals surface area contributed by atoms with Gasteiger partial charge >= 0.3 is 0 Å². The van der Waals surface area contributed by atoms with E-state index in [9.17, 15) is 9.59 Å². The molecule has 4 rings (SSSR count). The summed E-state index contributed by atoms with van der Waals surface area (Å²) >= 11 is 1.94. The summed E-state index contributed by atoms with van der Waals surface area (Å²) in [6, 6.07) is 7.81. The van der Waals surface area contributed by atoms with Gasteiger partial charge in [-0.3, -0.25) is 9.59 Å². The van der Waals surface area contributed by atoms with Crippen molar-refractivity contribution in [1.82, 2.24) is 9.80 Å². The van der Waals surface area contributed by atoms with Crippen molar-refractivity contribution >= 4 is 23.6 Å². The topological polar surface area (TPSA) is 40.6 Å². The van der Waals surface area contributed by atoms with Crippen LogP contribution in [0.2, 0.25) is 0 Å². The molecular formula is C21H28N2O2S. The fourth-order valence-corrected chi connectivity index (χ4v) is 6.23. The summed E-state index contributed by atoms with van der Waals surface area (Å²) in [6.07, 6.45) is 6.32. The fourth-order valence-electron chi connectivity index (χ4n) is 4.77. The third-order valence-electron chi connectivity index (χ3n) is 6.36. The highest BCUT2D eigenvalue weighted by Gasteiger charge is 2.48. The first kappa shape index (κ1) is 17.9. The molecule has 4 nitrogen and oxygen atoms in total. The number of piperidine rings is 1.